The highest BCUT2D eigenvalue weighted by Gasteiger charge is 2.30. The summed E-state index contributed by atoms with van der Waals surface area (Å²) >= 11 is 1.23. The largest absolute Gasteiger partial charge is 0.479 e. The molecule has 24 heavy (non-hydrogen) atoms. The van der Waals surface area contributed by atoms with Crippen LogP contribution in [0.15, 0.2) is 24.3 Å². The molecule has 0 saturated carbocycles. The molecule has 9 heteroatoms. The van der Waals surface area contributed by atoms with E-state index < -0.39 is 24.1 Å². The molecule has 2 aromatic rings. The number of amides is 2. The molecule has 0 spiro atoms. The zero-order valence-electron chi connectivity index (χ0n) is 13.2. The maximum Gasteiger partial charge on any atom is 0.337 e. The predicted octanol–water partition coefficient (Wildman–Crippen LogP) is 1.39. The van der Waals surface area contributed by atoms with Crippen molar-refractivity contribution in [2.45, 2.75) is 25.9 Å². The number of hydrogen-bond acceptors (Lipinski definition) is 6. The number of carbonyl (C=O) groups is 2. The number of aliphatic hydroxyl groups is 1. The molecule has 2 amide bonds. The molecule has 0 aliphatic rings. The minimum Gasteiger partial charge on any atom is -0.479 e. The molecular weight excluding hydrogens is 332 g/mol. The average molecular weight is 350 g/mol. The molecule has 1 aromatic heterocycles. The summed E-state index contributed by atoms with van der Waals surface area (Å²) in [5, 5.41) is 31.9. The van der Waals surface area contributed by atoms with E-state index in [-0.39, 0.29) is 0 Å². The summed E-state index contributed by atoms with van der Waals surface area (Å²) in [5.74, 6) is -1.42. The number of hydrogen-bond donors (Lipinski definition) is 4. The third-order valence-corrected chi connectivity index (χ3v) is 4.06. The van der Waals surface area contributed by atoms with Crippen LogP contribution in [-0.2, 0) is 11.2 Å². The lowest BCUT2D eigenvalue weighted by molar-refractivity contribution is -0.155. The van der Waals surface area contributed by atoms with Gasteiger partial charge in [-0.15, -0.1) is 10.2 Å². The predicted molar refractivity (Wildman–Crippen MR) is 89.2 cm³/mol. The fraction of sp³-hybridized carbons (Fsp3) is 0.333. The topological polar surface area (TPSA) is 124 Å². The molecule has 8 nitrogen and oxygen atoms in total. The number of nitrogens with one attached hydrogen (secondary N) is 2. The van der Waals surface area contributed by atoms with Crippen LogP contribution in [0, 0.1) is 6.92 Å². The van der Waals surface area contributed by atoms with Crippen LogP contribution in [0.2, 0.25) is 0 Å². The molecule has 1 unspecified atom stereocenters. The van der Waals surface area contributed by atoms with E-state index in [0.29, 0.717) is 11.6 Å². The first-order valence-electron chi connectivity index (χ1n) is 7.15. The van der Waals surface area contributed by atoms with Gasteiger partial charge in [-0.3, -0.25) is 5.32 Å². The Morgan fingerprint density at radius 1 is 1.25 bits per heavy atom. The van der Waals surface area contributed by atoms with E-state index in [1.807, 2.05) is 31.2 Å². The summed E-state index contributed by atoms with van der Waals surface area (Å²) in [4.78, 5) is 22.4. The van der Waals surface area contributed by atoms with E-state index in [4.69, 9.17) is 5.11 Å². The number of aromatic nitrogens is 2. The van der Waals surface area contributed by atoms with Gasteiger partial charge in [-0.05, 0) is 19.4 Å². The number of carbonyl (C=O) groups excluding carboxylic acids is 1. The van der Waals surface area contributed by atoms with Gasteiger partial charge in [0.15, 0.2) is 5.60 Å². The smallest absolute Gasteiger partial charge is 0.337 e. The fourth-order valence-corrected chi connectivity index (χ4v) is 2.49. The van der Waals surface area contributed by atoms with Crippen LogP contribution in [0.4, 0.5) is 9.93 Å². The van der Waals surface area contributed by atoms with Gasteiger partial charge in [0.2, 0.25) is 5.13 Å². The van der Waals surface area contributed by atoms with Gasteiger partial charge in [0, 0.05) is 6.42 Å². The van der Waals surface area contributed by atoms with Crippen LogP contribution in [0.25, 0.3) is 0 Å². The first kappa shape index (κ1) is 17.8. The molecule has 0 aliphatic carbocycles. The normalized spacial score (nSPS) is 13.1. The third-order valence-electron chi connectivity index (χ3n) is 3.22. The number of aryl methyl sites for hydroxylation is 1. The molecule has 4 N–H and O–H groups in total. The van der Waals surface area contributed by atoms with E-state index in [1.165, 1.54) is 16.9 Å². The first-order chi connectivity index (χ1) is 11.3. The van der Waals surface area contributed by atoms with Gasteiger partial charge in [0.25, 0.3) is 0 Å². The SMILES string of the molecule is Cc1ccc(Cc2nnc(NC(=O)NCC(C)(O)C(=O)O)s2)cc1. The van der Waals surface area contributed by atoms with Gasteiger partial charge in [0.05, 0.1) is 6.54 Å². The van der Waals surface area contributed by atoms with Crippen LogP contribution in [0.5, 0.6) is 0 Å². The summed E-state index contributed by atoms with van der Waals surface area (Å²) in [6, 6.07) is 7.37. The van der Waals surface area contributed by atoms with Crippen LogP contribution < -0.4 is 10.6 Å². The summed E-state index contributed by atoms with van der Waals surface area (Å²) in [7, 11) is 0. The van der Waals surface area contributed by atoms with E-state index >= 15 is 0 Å². The minimum atomic E-state index is -2.03. The number of anilines is 1. The number of nitrogens with zero attached hydrogens (tertiary/aromatic N) is 2. The van der Waals surface area contributed by atoms with Gasteiger partial charge in [-0.1, -0.05) is 41.2 Å². The highest BCUT2D eigenvalue weighted by molar-refractivity contribution is 7.15. The van der Waals surface area contributed by atoms with Gasteiger partial charge in [-0.25, -0.2) is 9.59 Å². The van der Waals surface area contributed by atoms with E-state index in [9.17, 15) is 14.7 Å². The van der Waals surface area contributed by atoms with E-state index in [2.05, 4.69) is 20.8 Å². The summed E-state index contributed by atoms with van der Waals surface area (Å²) in [6.45, 7) is 2.68. The number of carboxylic acids is 1. The summed E-state index contributed by atoms with van der Waals surface area (Å²) in [5.41, 5.74) is 0.229. The Morgan fingerprint density at radius 2 is 1.92 bits per heavy atom. The van der Waals surface area contributed by atoms with Crippen LogP contribution in [-0.4, -0.2) is 44.6 Å². The first-order valence-corrected chi connectivity index (χ1v) is 7.96. The standard InChI is InChI=1S/C15H18N4O4S/c1-9-3-5-10(6-4-9)7-11-18-19-14(24-11)17-13(22)16-8-15(2,23)12(20)21/h3-6,23H,7-8H2,1-2H3,(H,20,21)(H2,16,17,19,22). The summed E-state index contributed by atoms with van der Waals surface area (Å²) < 4.78 is 0. The van der Waals surface area contributed by atoms with Gasteiger partial charge < -0.3 is 15.5 Å². The van der Waals surface area contributed by atoms with Crippen LogP contribution >= 0.6 is 11.3 Å². The second-order valence-corrected chi connectivity index (χ2v) is 6.61. The monoisotopic (exact) mass is 350 g/mol. The van der Waals surface area contributed by atoms with Crippen LogP contribution in [0.3, 0.4) is 0 Å². The molecule has 128 valence electrons. The molecule has 1 atom stereocenters. The van der Waals surface area contributed by atoms with Crippen molar-refractivity contribution in [1.29, 1.82) is 0 Å². The van der Waals surface area contributed by atoms with E-state index in [0.717, 1.165) is 17.5 Å². The second-order valence-electron chi connectivity index (χ2n) is 5.55. The van der Waals surface area contributed by atoms with Gasteiger partial charge in [0.1, 0.15) is 5.01 Å². The van der Waals surface area contributed by atoms with Crippen molar-refractivity contribution in [2.24, 2.45) is 0 Å². The van der Waals surface area contributed by atoms with Crippen molar-refractivity contribution in [2.75, 3.05) is 11.9 Å². The van der Waals surface area contributed by atoms with E-state index in [1.54, 1.807) is 0 Å². The molecule has 1 heterocycles. The van der Waals surface area contributed by atoms with Gasteiger partial charge >= 0.3 is 12.0 Å². The Morgan fingerprint density at radius 3 is 2.54 bits per heavy atom. The molecule has 0 saturated heterocycles. The second kappa shape index (κ2) is 7.37. The lowest BCUT2D eigenvalue weighted by atomic mass is 10.1. The number of carboxylic acid groups (broad SMARTS) is 1. The molecule has 0 bridgehead atoms. The number of aliphatic carboxylic acids is 1. The molecule has 1 aromatic carbocycles. The quantitative estimate of drug-likeness (QED) is 0.624. The Balaban J connectivity index is 1.88. The van der Waals surface area contributed by atoms with Gasteiger partial charge in [-0.2, -0.15) is 0 Å². The van der Waals surface area contributed by atoms with Crippen molar-refractivity contribution in [3.8, 4) is 0 Å². The maximum atomic E-state index is 11.7. The highest BCUT2D eigenvalue weighted by atomic mass is 32.1. The Kier molecular flexibility index (Phi) is 5.47. The molecule has 0 radical (unpaired) electrons. The fourth-order valence-electron chi connectivity index (χ4n) is 1.73. The number of rotatable bonds is 6. The Labute approximate surface area is 142 Å². The molecule has 2 rings (SSSR count). The lowest BCUT2D eigenvalue weighted by Crippen LogP contribution is -2.47. The van der Waals surface area contributed by atoms with Crippen molar-refractivity contribution < 1.29 is 19.8 Å². The highest BCUT2D eigenvalue weighted by Crippen LogP contribution is 2.18. The zero-order valence-corrected chi connectivity index (χ0v) is 14.1. The van der Waals surface area contributed by atoms with Crippen molar-refractivity contribution >= 4 is 28.5 Å². The summed E-state index contributed by atoms with van der Waals surface area (Å²) in [6.07, 6.45) is 0.606. The number of benzene rings is 1. The maximum absolute atomic E-state index is 11.7. The molecular formula is C15H18N4O4S. The average Bonchev–Trinajstić information content (AvgIpc) is 2.94. The van der Waals surface area contributed by atoms with Crippen molar-refractivity contribution in [3.05, 3.63) is 40.4 Å². The lowest BCUT2D eigenvalue weighted by Gasteiger charge is -2.17. The number of urea groups is 1. The zero-order chi connectivity index (χ0) is 17.7. The minimum absolute atomic E-state index is 0.296. The molecule has 0 aliphatic heterocycles. The third kappa shape index (κ3) is 5.00. The van der Waals surface area contributed by atoms with Crippen molar-refractivity contribution in [3.63, 3.8) is 0 Å². The van der Waals surface area contributed by atoms with Crippen LogP contribution in [0.1, 0.15) is 23.1 Å². The van der Waals surface area contributed by atoms with Crippen molar-refractivity contribution in [1.82, 2.24) is 15.5 Å². The Hall–Kier alpha value is -2.52. The molecule has 0 fully saturated rings. The Bertz CT molecular complexity index is 727.